The van der Waals surface area contributed by atoms with E-state index < -0.39 is 0 Å². The van der Waals surface area contributed by atoms with Gasteiger partial charge in [-0.2, -0.15) is 11.3 Å². The molecule has 3 rings (SSSR count). The summed E-state index contributed by atoms with van der Waals surface area (Å²) in [5.74, 6) is 0.476. The van der Waals surface area contributed by atoms with Crippen molar-refractivity contribution < 1.29 is 9.59 Å². The summed E-state index contributed by atoms with van der Waals surface area (Å²) in [5.41, 5.74) is 2.41. The highest BCUT2D eigenvalue weighted by molar-refractivity contribution is 7.07. The Morgan fingerprint density at radius 2 is 2.08 bits per heavy atom. The van der Waals surface area contributed by atoms with Crippen LogP contribution in [0.4, 0.5) is 5.69 Å². The molecule has 1 aromatic heterocycles. The fraction of sp³-hybridized carbons (Fsp3) is 0.400. The molecular formula is C20H25N3O2S. The van der Waals surface area contributed by atoms with E-state index in [1.54, 1.807) is 29.5 Å². The van der Waals surface area contributed by atoms with Crippen LogP contribution in [0.25, 0.3) is 0 Å². The normalized spacial score (nSPS) is 19.8. The molecule has 2 amide bonds. The van der Waals surface area contributed by atoms with Gasteiger partial charge >= 0.3 is 0 Å². The first-order valence-electron chi connectivity index (χ1n) is 8.83. The first-order valence-corrected chi connectivity index (χ1v) is 9.77. The van der Waals surface area contributed by atoms with E-state index in [9.17, 15) is 9.59 Å². The molecule has 6 heteroatoms. The molecule has 0 spiro atoms. The summed E-state index contributed by atoms with van der Waals surface area (Å²) in [5, 5.41) is 10.1. The zero-order chi connectivity index (χ0) is 18.7. The summed E-state index contributed by atoms with van der Waals surface area (Å²) < 4.78 is 0. The second-order valence-corrected chi connectivity index (χ2v) is 7.92. The zero-order valence-electron chi connectivity index (χ0n) is 15.4. The summed E-state index contributed by atoms with van der Waals surface area (Å²) >= 11 is 1.65. The quantitative estimate of drug-likeness (QED) is 0.784. The minimum atomic E-state index is -0.136. The van der Waals surface area contributed by atoms with Crippen molar-refractivity contribution >= 4 is 28.8 Å². The van der Waals surface area contributed by atoms with Crippen molar-refractivity contribution in [2.24, 2.45) is 11.8 Å². The van der Waals surface area contributed by atoms with Gasteiger partial charge in [0.2, 0.25) is 5.91 Å². The predicted octanol–water partition coefficient (Wildman–Crippen LogP) is 3.38. The van der Waals surface area contributed by atoms with Crippen LogP contribution in [0.3, 0.4) is 0 Å². The number of hydrogen-bond donors (Lipinski definition) is 2. The van der Waals surface area contributed by atoms with Crippen LogP contribution < -0.4 is 10.6 Å². The highest BCUT2D eigenvalue weighted by Crippen LogP contribution is 2.38. The van der Waals surface area contributed by atoms with Gasteiger partial charge in [0.1, 0.15) is 0 Å². The Morgan fingerprint density at radius 3 is 2.69 bits per heavy atom. The molecule has 138 valence electrons. The molecule has 2 aromatic rings. The molecule has 0 saturated heterocycles. The maximum absolute atomic E-state index is 12.5. The molecule has 1 saturated carbocycles. The van der Waals surface area contributed by atoms with Crippen LogP contribution in [0.2, 0.25) is 0 Å². The minimum Gasteiger partial charge on any atom is -0.350 e. The van der Waals surface area contributed by atoms with E-state index in [4.69, 9.17) is 0 Å². The number of thiophene rings is 1. The number of benzene rings is 1. The molecule has 1 aliphatic rings. The molecule has 2 N–H and O–H groups in total. The van der Waals surface area contributed by atoms with Crippen LogP contribution in [0, 0.1) is 11.8 Å². The van der Waals surface area contributed by atoms with Crippen LogP contribution in [-0.2, 0) is 4.79 Å². The number of hydrogen-bond acceptors (Lipinski definition) is 4. The third kappa shape index (κ3) is 4.51. The Hall–Kier alpha value is -2.18. The lowest BCUT2D eigenvalue weighted by molar-refractivity contribution is -0.117. The maximum atomic E-state index is 12.5. The summed E-state index contributed by atoms with van der Waals surface area (Å²) in [6, 6.07) is 9.31. The number of anilines is 1. The van der Waals surface area contributed by atoms with E-state index >= 15 is 0 Å². The van der Waals surface area contributed by atoms with Gasteiger partial charge in [-0.15, -0.1) is 0 Å². The largest absolute Gasteiger partial charge is 0.350 e. The van der Waals surface area contributed by atoms with Gasteiger partial charge in [-0.3, -0.25) is 9.59 Å². The van der Waals surface area contributed by atoms with Crippen molar-refractivity contribution in [2.75, 3.05) is 26.0 Å². The minimum absolute atomic E-state index is 0.0418. The van der Waals surface area contributed by atoms with E-state index in [-0.39, 0.29) is 23.8 Å². The Balaban J connectivity index is 1.60. The molecule has 0 bridgehead atoms. The van der Waals surface area contributed by atoms with Gasteiger partial charge in [0.15, 0.2) is 0 Å². The SMILES string of the molecule is CC1CC1C(=O)Nc1cccc(C(=O)NCC(c2ccsc2)N(C)C)c1. The fourth-order valence-electron chi connectivity index (χ4n) is 3.02. The van der Waals surface area contributed by atoms with Crippen molar-refractivity contribution in [3.63, 3.8) is 0 Å². The number of nitrogens with zero attached hydrogens (tertiary/aromatic N) is 1. The van der Waals surface area contributed by atoms with E-state index in [0.717, 1.165) is 6.42 Å². The Morgan fingerprint density at radius 1 is 1.31 bits per heavy atom. The molecule has 1 heterocycles. The Kier molecular flexibility index (Phi) is 5.74. The smallest absolute Gasteiger partial charge is 0.251 e. The number of carbonyl (C=O) groups is 2. The van der Waals surface area contributed by atoms with Crippen LogP contribution in [0.5, 0.6) is 0 Å². The van der Waals surface area contributed by atoms with E-state index in [0.29, 0.717) is 23.7 Å². The summed E-state index contributed by atoms with van der Waals surface area (Å²) in [6.45, 7) is 2.60. The van der Waals surface area contributed by atoms with Gasteiger partial charge in [-0.25, -0.2) is 0 Å². The molecule has 1 aliphatic carbocycles. The van der Waals surface area contributed by atoms with Crippen molar-refractivity contribution in [2.45, 2.75) is 19.4 Å². The fourth-order valence-corrected chi connectivity index (χ4v) is 3.72. The molecule has 0 aliphatic heterocycles. The first-order chi connectivity index (χ1) is 12.5. The van der Waals surface area contributed by atoms with Gasteiger partial charge in [0.25, 0.3) is 5.91 Å². The average Bonchev–Trinajstić information content (AvgIpc) is 3.11. The van der Waals surface area contributed by atoms with Gasteiger partial charge in [0, 0.05) is 23.7 Å². The number of likely N-dealkylation sites (N-methyl/N-ethyl adjacent to an activating group) is 1. The number of nitrogens with one attached hydrogen (secondary N) is 2. The van der Waals surface area contributed by atoms with Crippen LogP contribution in [-0.4, -0.2) is 37.4 Å². The van der Waals surface area contributed by atoms with Crippen LogP contribution >= 0.6 is 11.3 Å². The summed E-state index contributed by atoms with van der Waals surface area (Å²) in [6.07, 6.45) is 0.945. The number of rotatable bonds is 7. The highest BCUT2D eigenvalue weighted by atomic mass is 32.1. The molecular weight excluding hydrogens is 346 g/mol. The lowest BCUT2D eigenvalue weighted by Gasteiger charge is -2.24. The van der Waals surface area contributed by atoms with Gasteiger partial charge < -0.3 is 15.5 Å². The summed E-state index contributed by atoms with van der Waals surface area (Å²) in [7, 11) is 4.01. The highest BCUT2D eigenvalue weighted by Gasteiger charge is 2.39. The van der Waals surface area contributed by atoms with E-state index in [1.807, 2.05) is 25.5 Å². The monoisotopic (exact) mass is 371 g/mol. The molecule has 1 aromatic carbocycles. The standard InChI is InChI=1S/C20H25N3O2S/c1-13-9-17(13)20(25)22-16-6-4-5-14(10-16)19(24)21-11-18(23(2)3)15-7-8-26-12-15/h4-8,10,12-13,17-18H,9,11H2,1-3H3,(H,21,24)(H,22,25). The lowest BCUT2D eigenvalue weighted by Crippen LogP contribution is -2.34. The van der Waals surface area contributed by atoms with Crippen molar-refractivity contribution in [1.82, 2.24) is 10.2 Å². The lowest BCUT2D eigenvalue weighted by atomic mass is 10.1. The second-order valence-electron chi connectivity index (χ2n) is 7.14. The van der Waals surface area contributed by atoms with Gasteiger partial charge in [-0.1, -0.05) is 13.0 Å². The topological polar surface area (TPSA) is 61.4 Å². The third-order valence-corrected chi connectivity index (χ3v) is 5.55. The van der Waals surface area contributed by atoms with E-state index in [2.05, 4.69) is 33.9 Å². The van der Waals surface area contributed by atoms with Crippen molar-refractivity contribution in [1.29, 1.82) is 0 Å². The summed E-state index contributed by atoms with van der Waals surface area (Å²) in [4.78, 5) is 26.7. The van der Waals surface area contributed by atoms with Crippen LogP contribution in [0.1, 0.15) is 35.3 Å². The van der Waals surface area contributed by atoms with Gasteiger partial charge in [-0.05, 0) is 67.0 Å². The van der Waals surface area contributed by atoms with E-state index in [1.165, 1.54) is 5.56 Å². The van der Waals surface area contributed by atoms with Gasteiger partial charge in [0.05, 0.1) is 6.04 Å². The third-order valence-electron chi connectivity index (χ3n) is 4.85. The van der Waals surface area contributed by atoms with Crippen LogP contribution in [0.15, 0.2) is 41.1 Å². The molecule has 5 nitrogen and oxygen atoms in total. The molecule has 0 radical (unpaired) electrons. The zero-order valence-corrected chi connectivity index (χ0v) is 16.2. The predicted molar refractivity (Wildman–Crippen MR) is 105 cm³/mol. The first kappa shape index (κ1) is 18.6. The van der Waals surface area contributed by atoms with Crippen molar-refractivity contribution in [3.05, 3.63) is 52.2 Å². The number of carbonyl (C=O) groups excluding carboxylic acids is 2. The molecule has 3 unspecified atom stereocenters. The number of amides is 2. The Bertz CT molecular complexity index is 773. The maximum Gasteiger partial charge on any atom is 0.251 e. The molecule has 26 heavy (non-hydrogen) atoms. The molecule has 1 fully saturated rings. The second kappa shape index (κ2) is 8.01. The Labute approximate surface area is 158 Å². The molecule has 3 atom stereocenters. The average molecular weight is 372 g/mol. The van der Waals surface area contributed by atoms with Crippen molar-refractivity contribution in [3.8, 4) is 0 Å².